The second-order valence-corrected chi connectivity index (χ2v) is 8.95. The van der Waals surface area contributed by atoms with Gasteiger partial charge in [0, 0.05) is 24.8 Å². The van der Waals surface area contributed by atoms with E-state index in [1.54, 1.807) is 27.7 Å². The summed E-state index contributed by atoms with van der Waals surface area (Å²) in [4.78, 5) is 41.1. The number of H-pyrrole nitrogens is 1. The zero-order valence-electron chi connectivity index (χ0n) is 16.5. The van der Waals surface area contributed by atoms with E-state index in [0.29, 0.717) is 5.69 Å². The van der Waals surface area contributed by atoms with Crippen LogP contribution in [0.15, 0.2) is 0 Å². The van der Waals surface area contributed by atoms with Crippen LogP contribution in [0.2, 0.25) is 10.0 Å². The highest BCUT2D eigenvalue weighted by atomic mass is 35.5. The maximum Gasteiger partial charge on any atom is 0.410 e. The number of nitrogens with one attached hydrogen (secondary N) is 2. The Hall–Kier alpha value is -1.93. The van der Waals surface area contributed by atoms with Crippen LogP contribution in [0.4, 0.5) is 4.79 Å². The molecule has 2 atom stereocenters. The van der Waals surface area contributed by atoms with E-state index in [2.05, 4.69) is 10.3 Å². The molecular formula is C18H25Cl2N3O5. The van der Waals surface area contributed by atoms with E-state index in [1.165, 1.54) is 11.8 Å². The minimum absolute atomic E-state index is 0.0754. The lowest BCUT2D eigenvalue weighted by atomic mass is 9.77. The Morgan fingerprint density at radius 2 is 1.89 bits per heavy atom. The van der Waals surface area contributed by atoms with Crippen LogP contribution in [0.1, 0.15) is 50.3 Å². The second kappa shape index (κ2) is 7.83. The molecule has 8 nitrogen and oxygen atoms in total. The van der Waals surface area contributed by atoms with Gasteiger partial charge in [-0.1, -0.05) is 23.2 Å². The van der Waals surface area contributed by atoms with Gasteiger partial charge < -0.3 is 25.0 Å². The summed E-state index contributed by atoms with van der Waals surface area (Å²) in [6, 6.07) is -0.713. The van der Waals surface area contributed by atoms with Crippen LogP contribution >= 0.6 is 23.2 Å². The van der Waals surface area contributed by atoms with Crippen molar-refractivity contribution >= 4 is 41.2 Å². The van der Waals surface area contributed by atoms with Crippen molar-refractivity contribution in [2.45, 2.75) is 52.7 Å². The second-order valence-electron chi connectivity index (χ2n) is 8.19. The fourth-order valence-electron chi connectivity index (χ4n) is 3.08. The number of ether oxygens (including phenoxy) is 1. The number of carbonyl (C=O) groups excluding carboxylic acids is 2. The number of aliphatic carboxylic acids is 1. The van der Waals surface area contributed by atoms with Gasteiger partial charge in [0.2, 0.25) is 0 Å². The van der Waals surface area contributed by atoms with Gasteiger partial charge in [-0.25, -0.2) is 4.79 Å². The highest BCUT2D eigenvalue weighted by molar-refractivity contribution is 6.44. The standard InChI is InChI=1S/C18H25Cl2N3O5/c1-9-11(19)12(20)13(21-9)14(24)22-10-6-7-23(8-18(10,5)15(25)26)16(27)28-17(2,3)4/h10,21H,6-8H2,1-5H3,(H,22,24)(H,25,26). The highest BCUT2D eigenvalue weighted by Gasteiger charge is 2.48. The number of hydrogen-bond donors (Lipinski definition) is 3. The molecule has 0 bridgehead atoms. The van der Waals surface area contributed by atoms with E-state index >= 15 is 0 Å². The molecule has 1 saturated heterocycles. The molecule has 0 spiro atoms. The molecule has 156 valence electrons. The van der Waals surface area contributed by atoms with Crippen LogP contribution in [0, 0.1) is 12.3 Å². The maximum absolute atomic E-state index is 12.6. The number of aromatic nitrogens is 1. The molecule has 0 saturated carbocycles. The third kappa shape index (κ3) is 4.55. The number of carbonyl (C=O) groups is 3. The van der Waals surface area contributed by atoms with Crippen LogP contribution in [0.3, 0.4) is 0 Å². The average molecular weight is 434 g/mol. The molecule has 28 heavy (non-hydrogen) atoms. The average Bonchev–Trinajstić information content (AvgIpc) is 2.82. The maximum atomic E-state index is 12.6. The fraction of sp³-hybridized carbons (Fsp3) is 0.611. The number of carboxylic acids is 1. The normalized spacial score (nSPS) is 22.7. The quantitative estimate of drug-likeness (QED) is 0.675. The summed E-state index contributed by atoms with van der Waals surface area (Å²) in [5.41, 5.74) is -1.48. The molecule has 0 aromatic carbocycles. The third-order valence-corrected chi connectivity index (χ3v) is 5.65. The summed E-state index contributed by atoms with van der Waals surface area (Å²) in [7, 11) is 0. The molecule has 2 rings (SSSR count). The van der Waals surface area contributed by atoms with Crippen LogP contribution < -0.4 is 5.32 Å². The number of aromatic amines is 1. The number of nitrogens with zero attached hydrogens (tertiary/aromatic N) is 1. The Balaban J connectivity index is 2.19. The van der Waals surface area contributed by atoms with Crippen LogP contribution in [0.5, 0.6) is 0 Å². The van der Waals surface area contributed by atoms with Crippen molar-refractivity contribution in [2.24, 2.45) is 5.41 Å². The topological polar surface area (TPSA) is 112 Å². The van der Waals surface area contributed by atoms with Gasteiger partial charge in [0.25, 0.3) is 5.91 Å². The van der Waals surface area contributed by atoms with Gasteiger partial charge in [-0.15, -0.1) is 0 Å². The van der Waals surface area contributed by atoms with Gasteiger partial charge in [0.1, 0.15) is 16.7 Å². The molecule has 2 heterocycles. The van der Waals surface area contributed by atoms with Crippen molar-refractivity contribution in [3.63, 3.8) is 0 Å². The number of aryl methyl sites for hydroxylation is 1. The van der Waals surface area contributed by atoms with Crippen molar-refractivity contribution in [3.05, 3.63) is 21.4 Å². The number of piperidine rings is 1. The first-order valence-electron chi connectivity index (χ1n) is 8.82. The molecule has 0 aliphatic carbocycles. The lowest BCUT2D eigenvalue weighted by Crippen LogP contribution is -2.61. The lowest BCUT2D eigenvalue weighted by Gasteiger charge is -2.43. The summed E-state index contributed by atoms with van der Waals surface area (Å²) < 4.78 is 5.34. The van der Waals surface area contributed by atoms with Crippen LogP contribution in [-0.2, 0) is 9.53 Å². The Labute approximate surface area is 173 Å². The Morgan fingerprint density at radius 3 is 2.36 bits per heavy atom. The Morgan fingerprint density at radius 1 is 1.29 bits per heavy atom. The fourth-order valence-corrected chi connectivity index (χ4v) is 3.49. The third-order valence-electron chi connectivity index (χ3n) is 4.70. The number of hydrogen-bond acceptors (Lipinski definition) is 4. The van der Waals surface area contributed by atoms with Crippen molar-refractivity contribution in [3.8, 4) is 0 Å². The van der Waals surface area contributed by atoms with Crippen molar-refractivity contribution < 1.29 is 24.2 Å². The molecule has 1 aliphatic heterocycles. The summed E-state index contributed by atoms with van der Waals surface area (Å²) >= 11 is 12.1. The summed E-state index contributed by atoms with van der Waals surface area (Å²) in [5.74, 6) is -1.68. The van der Waals surface area contributed by atoms with Gasteiger partial charge in [-0.3, -0.25) is 9.59 Å². The van der Waals surface area contributed by atoms with Crippen LogP contribution in [0.25, 0.3) is 0 Å². The predicted molar refractivity (Wildman–Crippen MR) is 105 cm³/mol. The Kier molecular flexibility index (Phi) is 6.25. The molecule has 10 heteroatoms. The Bertz CT molecular complexity index is 802. The van der Waals surface area contributed by atoms with Crippen LogP contribution in [-0.4, -0.2) is 57.7 Å². The van der Waals surface area contributed by atoms with Gasteiger partial charge in [-0.05, 0) is 41.0 Å². The van der Waals surface area contributed by atoms with Crippen molar-refractivity contribution in [1.29, 1.82) is 0 Å². The van der Waals surface area contributed by atoms with Gasteiger partial charge in [0.15, 0.2) is 0 Å². The predicted octanol–water partition coefficient (Wildman–Crippen LogP) is 3.46. The van der Waals surface area contributed by atoms with E-state index in [-0.39, 0.29) is 35.2 Å². The van der Waals surface area contributed by atoms with E-state index in [1.807, 2.05) is 0 Å². The lowest BCUT2D eigenvalue weighted by molar-refractivity contribution is -0.152. The molecule has 1 aromatic rings. The van der Waals surface area contributed by atoms with E-state index in [9.17, 15) is 19.5 Å². The summed E-state index contributed by atoms with van der Waals surface area (Å²) in [6.45, 7) is 8.53. The molecule has 0 radical (unpaired) electrons. The molecule has 1 fully saturated rings. The monoisotopic (exact) mass is 433 g/mol. The molecule has 1 aliphatic rings. The summed E-state index contributed by atoms with van der Waals surface area (Å²) in [6.07, 6.45) is -0.335. The first kappa shape index (κ1) is 22.4. The SMILES string of the molecule is Cc1[nH]c(C(=O)NC2CCN(C(=O)OC(C)(C)C)CC2(C)C(=O)O)c(Cl)c1Cl. The number of rotatable bonds is 3. The first-order chi connectivity index (χ1) is 12.8. The van der Waals surface area contributed by atoms with Gasteiger partial charge in [-0.2, -0.15) is 0 Å². The first-order valence-corrected chi connectivity index (χ1v) is 9.57. The number of halogens is 2. The van der Waals surface area contributed by atoms with E-state index in [4.69, 9.17) is 27.9 Å². The molecule has 2 amide bonds. The zero-order chi connectivity index (χ0) is 21.4. The van der Waals surface area contributed by atoms with Gasteiger partial charge in [0.05, 0.1) is 10.0 Å². The number of amides is 2. The summed E-state index contributed by atoms with van der Waals surface area (Å²) in [5, 5.41) is 12.9. The minimum atomic E-state index is -1.40. The molecular weight excluding hydrogens is 409 g/mol. The highest BCUT2D eigenvalue weighted by Crippen LogP contribution is 2.33. The van der Waals surface area contributed by atoms with Crippen molar-refractivity contribution in [2.75, 3.05) is 13.1 Å². The largest absolute Gasteiger partial charge is 0.481 e. The zero-order valence-corrected chi connectivity index (χ0v) is 18.0. The molecule has 2 unspecified atom stereocenters. The van der Waals surface area contributed by atoms with Crippen molar-refractivity contribution in [1.82, 2.24) is 15.2 Å². The minimum Gasteiger partial charge on any atom is -0.481 e. The number of carboxylic acid groups (broad SMARTS) is 1. The van der Waals surface area contributed by atoms with Gasteiger partial charge >= 0.3 is 12.1 Å². The smallest absolute Gasteiger partial charge is 0.410 e. The van der Waals surface area contributed by atoms with E-state index < -0.39 is 35.0 Å². The molecule has 3 N–H and O–H groups in total. The molecule has 1 aromatic heterocycles. The van der Waals surface area contributed by atoms with E-state index in [0.717, 1.165) is 0 Å². The number of likely N-dealkylation sites (tertiary alicyclic amines) is 1.